The zero-order valence-electron chi connectivity index (χ0n) is 26.5. The van der Waals surface area contributed by atoms with Crippen LogP contribution >= 0.6 is 0 Å². The fraction of sp³-hybridized carbons (Fsp3) is 0.429. The van der Waals surface area contributed by atoms with E-state index in [2.05, 4.69) is 20.1 Å². The maximum atomic E-state index is 13.5. The number of carbonyl (C=O) groups is 3. The largest absolute Gasteiger partial charge is 0.586 e. The van der Waals surface area contributed by atoms with Gasteiger partial charge < -0.3 is 24.8 Å². The summed E-state index contributed by atoms with van der Waals surface area (Å²) in [4.78, 5) is 42.8. The van der Waals surface area contributed by atoms with Gasteiger partial charge in [-0.15, -0.1) is 8.78 Å². The number of benzene rings is 2. The number of hydrogen-bond acceptors (Lipinski definition) is 7. The number of nitrogens with one attached hydrogen (secondary N) is 2. The van der Waals surface area contributed by atoms with E-state index in [1.807, 2.05) is 39.8 Å². The number of amides is 2. The number of pyridine rings is 1. The van der Waals surface area contributed by atoms with Crippen LogP contribution in [0.4, 0.5) is 14.6 Å². The van der Waals surface area contributed by atoms with Crippen LogP contribution in [0.2, 0.25) is 0 Å². The van der Waals surface area contributed by atoms with Crippen molar-refractivity contribution in [1.29, 1.82) is 0 Å². The van der Waals surface area contributed by atoms with Crippen LogP contribution in [0, 0.1) is 6.92 Å². The molecule has 1 aromatic heterocycles. The summed E-state index contributed by atoms with van der Waals surface area (Å²) in [6.45, 7) is 7.96. The topological polar surface area (TPSA) is 116 Å². The molecule has 0 unspecified atom stereocenters. The number of alkyl halides is 2. The number of halogens is 2. The van der Waals surface area contributed by atoms with Gasteiger partial charge in [-0.1, -0.05) is 37.1 Å². The highest BCUT2D eigenvalue weighted by Crippen LogP contribution is 2.52. The third-order valence-corrected chi connectivity index (χ3v) is 7.89. The van der Waals surface area contributed by atoms with Crippen molar-refractivity contribution < 1.29 is 37.4 Å². The molecule has 9 nitrogen and oxygen atoms in total. The summed E-state index contributed by atoms with van der Waals surface area (Å²) in [6.07, 6.45) is 1.06. The fourth-order valence-corrected chi connectivity index (χ4v) is 5.40. The molecule has 2 aliphatic rings. The number of aromatic nitrogens is 1. The van der Waals surface area contributed by atoms with E-state index < -0.39 is 17.3 Å². The summed E-state index contributed by atoms with van der Waals surface area (Å²) >= 11 is 0. The molecule has 0 radical (unpaired) electrons. The van der Waals surface area contributed by atoms with E-state index in [-0.39, 0.29) is 29.3 Å². The van der Waals surface area contributed by atoms with Crippen molar-refractivity contribution >= 4 is 23.6 Å². The lowest BCUT2D eigenvalue weighted by Gasteiger charge is -2.19. The molecule has 2 N–H and O–H groups in total. The van der Waals surface area contributed by atoms with E-state index in [1.165, 1.54) is 12.1 Å². The van der Waals surface area contributed by atoms with Crippen molar-refractivity contribution in [3.05, 3.63) is 71.3 Å². The van der Waals surface area contributed by atoms with E-state index in [0.29, 0.717) is 48.4 Å². The van der Waals surface area contributed by atoms with Gasteiger partial charge in [-0.05, 0) is 94.8 Å². The van der Waals surface area contributed by atoms with Gasteiger partial charge in [-0.3, -0.25) is 14.4 Å². The number of carbonyl (C=O) groups excluding carboxylic acids is 3. The minimum atomic E-state index is -3.73. The van der Waals surface area contributed by atoms with Gasteiger partial charge in [0.05, 0.1) is 11.1 Å². The molecular weight excluding hydrogens is 596 g/mol. The molecule has 1 aliphatic heterocycles. The molecule has 0 atom stereocenters. The summed E-state index contributed by atoms with van der Waals surface area (Å²) in [5.74, 6) is -0.517. The molecule has 2 aromatic carbocycles. The Morgan fingerprint density at radius 2 is 1.67 bits per heavy atom. The number of fused-ring (bicyclic) bond motifs is 1. The molecule has 46 heavy (non-hydrogen) atoms. The minimum absolute atomic E-state index is 0.0714. The van der Waals surface area contributed by atoms with Crippen LogP contribution in [0.15, 0.2) is 54.6 Å². The first-order valence-corrected chi connectivity index (χ1v) is 15.5. The second-order valence-corrected chi connectivity index (χ2v) is 12.8. The average Bonchev–Trinajstić information content (AvgIpc) is 3.73. The van der Waals surface area contributed by atoms with E-state index in [4.69, 9.17) is 9.72 Å². The van der Waals surface area contributed by atoms with E-state index in [1.54, 1.807) is 30.3 Å². The van der Waals surface area contributed by atoms with Crippen molar-refractivity contribution in [2.45, 2.75) is 90.0 Å². The molecule has 1 fully saturated rings. The number of rotatable bonds is 12. The van der Waals surface area contributed by atoms with Gasteiger partial charge in [0.25, 0.3) is 5.91 Å². The van der Waals surface area contributed by atoms with E-state index >= 15 is 0 Å². The van der Waals surface area contributed by atoms with Crippen LogP contribution in [0.25, 0.3) is 11.3 Å². The van der Waals surface area contributed by atoms with E-state index in [0.717, 1.165) is 36.8 Å². The minimum Gasteiger partial charge on any atom is -0.460 e. The highest BCUT2D eigenvalue weighted by molar-refractivity contribution is 6.01. The van der Waals surface area contributed by atoms with Gasteiger partial charge in [0.15, 0.2) is 11.5 Å². The third kappa shape index (κ3) is 7.99. The van der Waals surface area contributed by atoms with Crippen LogP contribution in [0.5, 0.6) is 11.5 Å². The Labute approximate surface area is 267 Å². The molecule has 11 heteroatoms. The van der Waals surface area contributed by atoms with Gasteiger partial charge in [0.1, 0.15) is 11.4 Å². The first kappa shape index (κ1) is 32.8. The number of nitrogens with zero attached hydrogens (tertiary/aromatic N) is 1. The molecule has 2 amide bonds. The van der Waals surface area contributed by atoms with Crippen LogP contribution in [-0.4, -0.2) is 41.2 Å². The Hall–Kier alpha value is -4.54. The van der Waals surface area contributed by atoms with Gasteiger partial charge in [-0.25, -0.2) is 4.98 Å². The molecule has 3 aromatic rings. The Morgan fingerprint density at radius 1 is 0.935 bits per heavy atom. The van der Waals surface area contributed by atoms with Crippen LogP contribution in [0.1, 0.15) is 87.2 Å². The number of unbranched alkanes of at least 4 members (excludes halogenated alkanes) is 3. The van der Waals surface area contributed by atoms with Crippen LogP contribution in [-0.2, 0) is 19.7 Å². The lowest BCUT2D eigenvalue weighted by atomic mass is 9.94. The number of aryl methyl sites for hydroxylation is 1. The lowest BCUT2D eigenvalue weighted by Crippen LogP contribution is -2.28. The molecule has 244 valence electrons. The predicted octanol–water partition coefficient (Wildman–Crippen LogP) is 7.07. The normalized spacial score (nSPS) is 15.6. The first-order chi connectivity index (χ1) is 21.7. The SMILES string of the molecule is Cc1ccc(NC(=O)C2(c3ccc4c(c3)OC(F)(F)O4)CC2)nc1-c1cccc(C(=O)NCCCCCCC(=O)OC(C)(C)C)c1. The van der Waals surface area contributed by atoms with Gasteiger partial charge >= 0.3 is 12.3 Å². The highest BCUT2D eigenvalue weighted by atomic mass is 19.3. The molecule has 2 heterocycles. The number of ether oxygens (including phenoxy) is 3. The molecule has 0 bridgehead atoms. The summed E-state index contributed by atoms with van der Waals surface area (Å²) in [5.41, 5.74) is 1.91. The van der Waals surface area contributed by atoms with E-state index in [9.17, 15) is 23.2 Å². The van der Waals surface area contributed by atoms with Crippen LogP contribution in [0.3, 0.4) is 0 Å². The Kier molecular flexibility index (Phi) is 9.32. The second kappa shape index (κ2) is 13.1. The smallest absolute Gasteiger partial charge is 0.460 e. The number of anilines is 1. The Balaban J connectivity index is 1.16. The molecule has 0 saturated heterocycles. The summed E-state index contributed by atoms with van der Waals surface area (Å²) in [7, 11) is 0. The monoisotopic (exact) mass is 635 g/mol. The summed E-state index contributed by atoms with van der Waals surface area (Å²) in [5, 5.41) is 5.84. The van der Waals surface area contributed by atoms with Crippen molar-refractivity contribution in [2.24, 2.45) is 0 Å². The average molecular weight is 636 g/mol. The molecule has 0 spiro atoms. The van der Waals surface area contributed by atoms with Crippen molar-refractivity contribution in [3.8, 4) is 22.8 Å². The second-order valence-electron chi connectivity index (χ2n) is 12.8. The summed E-state index contributed by atoms with van der Waals surface area (Å²) in [6, 6.07) is 15.1. The summed E-state index contributed by atoms with van der Waals surface area (Å²) < 4.78 is 41.4. The predicted molar refractivity (Wildman–Crippen MR) is 168 cm³/mol. The zero-order chi connectivity index (χ0) is 33.1. The van der Waals surface area contributed by atoms with Gasteiger partial charge in [-0.2, -0.15) is 0 Å². The standard InChI is InChI=1S/C35H39F2N3O6/c1-22-13-16-28(40-32(43)34(17-18-34)25-14-15-26-27(21-25)45-35(36,37)44-26)39-30(22)23-10-9-11-24(20-23)31(42)38-19-8-6-5-7-12-29(41)46-33(2,3)4/h9-11,13-16,20-21H,5-8,12,17-19H2,1-4H3,(H,38,42)(H,39,40,43). The third-order valence-electron chi connectivity index (χ3n) is 7.89. The maximum Gasteiger partial charge on any atom is 0.586 e. The first-order valence-electron chi connectivity index (χ1n) is 15.5. The molecule has 1 saturated carbocycles. The molecule has 1 aliphatic carbocycles. The molecule has 5 rings (SSSR count). The number of hydrogen-bond donors (Lipinski definition) is 2. The lowest BCUT2D eigenvalue weighted by molar-refractivity contribution is -0.286. The maximum absolute atomic E-state index is 13.5. The van der Waals surface area contributed by atoms with Crippen molar-refractivity contribution in [1.82, 2.24) is 10.3 Å². The van der Waals surface area contributed by atoms with Gasteiger partial charge in [0.2, 0.25) is 5.91 Å². The highest BCUT2D eigenvalue weighted by Gasteiger charge is 2.53. The zero-order valence-corrected chi connectivity index (χ0v) is 26.5. The number of esters is 1. The van der Waals surface area contributed by atoms with Gasteiger partial charge in [0, 0.05) is 24.1 Å². The molecular formula is C35H39F2N3O6. The van der Waals surface area contributed by atoms with Crippen molar-refractivity contribution in [2.75, 3.05) is 11.9 Å². The Morgan fingerprint density at radius 3 is 2.41 bits per heavy atom. The quantitative estimate of drug-likeness (QED) is 0.162. The van der Waals surface area contributed by atoms with Crippen molar-refractivity contribution in [3.63, 3.8) is 0 Å². The van der Waals surface area contributed by atoms with Crippen LogP contribution < -0.4 is 20.1 Å². The Bertz CT molecular complexity index is 1630. The fourth-order valence-electron chi connectivity index (χ4n) is 5.40.